The van der Waals surface area contributed by atoms with Crippen molar-refractivity contribution in [3.05, 3.63) is 45.5 Å². The van der Waals surface area contributed by atoms with Crippen LogP contribution in [0.15, 0.2) is 27.9 Å². The molecule has 0 amide bonds. The Morgan fingerprint density at radius 3 is 2.92 bits per heavy atom. The smallest absolute Gasteiger partial charge is 0.353 e. The van der Waals surface area contributed by atoms with E-state index in [2.05, 4.69) is 18.4 Å². The van der Waals surface area contributed by atoms with E-state index in [4.69, 9.17) is 16.0 Å². The molecule has 0 fully saturated rings. The van der Waals surface area contributed by atoms with E-state index >= 15 is 0 Å². The average molecular weight is 195 g/mol. The molecule has 3 heteroatoms. The summed E-state index contributed by atoms with van der Waals surface area (Å²) in [5, 5.41) is 0.308. The molecule has 0 bridgehead atoms. The van der Waals surface area contributed by atoms with Gasteiger partial charge in [0.2, 0.25) is 0 Å². The van der Waals surface area contributed by atoms with Crippen molar-refractivity contribution in [1.29, 1.82) is 0 Å². The summed E-state index contributed by atoms with van der Waals surface area (Å²) in [4.78, 5) is 11.2. The largest absolute Gasteiger partial charge is 0.427 e. The second-order valence-corrected chi connectivity index (χ2v) is 2.75. The van der Waals surface area contributed by atoms with Gasteiger partial charge in [0.05, 0.1) is 5.02 Å². The lowest BCUT2D eigenvalue weighted by Crippen LogP contribution is -2.05. The Bertz CT molecular complexity index is 446. The predicted octanol–water partition coefficient (Wildman–Crippen LogP) is 2.14. The van der Waals surface area contributed by atoms with Crippen molar-refractivity contribution in [3.8, 4) is 11.8 Å². The molecule has 2 nitrogen and oxygen atoms in total. The fourth-order valence-electron chi connectivity index (χ4n) is 0.809. The highest BCUT2D eigenvalue weighted by atomic mass is 35.5. The quantitative estimate of drug-likeness (QED) is 0.593. The third kappa shape index (κ3) is 2.24. The van der Waals surface area contributed by atoms with Crippen molar-refractivity contribution in [2.75, 3.05) is 0 Å². The summed E-state index contributed by atoms with van der Waals surface area (Å²) in [5.74, 6) is 5.56. The highest BCUT2D eigenvalue weighted by Gasteiger charge is 2.04. The van der Waals surface area contributed by atoms with Gasteiger partial charge < -0.3 is 4.42 Å². The molecule has 0 aliphatic heterocycles. The van der Waals surface area contributed by atoms with Gasteiger partial charge in [-0.2, -0.15) is 0 Å². The lowest BCUT2D eigenvalue weighted by Gasteiger charge is -1.94. The van der Waals surface area contributed by atoms with Crippen molar-refractivity contribution < 1.29 is 4.42 Å². The standard InChI is InChI=1S/C10H7ClO2/c1-3-4-5-8-9(11)6-7(2)13-10(8)12/h3,6H,1H2,2H3. The van der Waals surface area contributed by atoms with Crippen LogP contribution in [0.5, 0.6) is 0 Å². The van der Waals surface area contributed by atoms with E-state index < -0.39 is 5.63 Å². The molecule has 0 atom stereocenters. The summed E-state index contributed by atoms with van der Waals surface area (Å²) in [7, 11) is 0. The molecule has 1 heterocycles. The van der Waals surface area contributed by atoms with Crippen LogP contribution in [0.2, 0.25) is 5.02 Å². The Morgan fingerprint density at radius 2 is 2.38 bits per heavy atom. The minimum Gasteiger partial charge on any atom is -0.427 e. The minimum absolute atomic E-state index is 0.173. The zero-order chi connectivity index (χ0) is 9.84. The average Bonchev–Trinajstić information content (AvgIpc) is 2.02. The zero-order valence-electron chi connectivity index (χ0n) is 7.06. The molecule has 1 rings (SSSR count). The number of rotatable bonds is 0. The van der Waals surface area contributed by atoms with E-state index in [-0.39, 0.29) is 5.56 Å². The molecule has 0 N–H and O–H groups in total. The van der Waals surface area contributed by atoms with Crippen LogP contribution in [0.3, 0.4) is 0 Å². The first kappa shape index (κ1) is 9.63. The summed E-state index contributed by atoms with van der Waals surface area (Å²) in [5.41, 5.74) is -0.341. The van der Waals surface area contributed by atoms with Gasteiger partial charge in [-0.3, -0.25) is 0 Å². The summed E-state index contributed by atoms with van der Waals surface area (Å²) >= 11 is 5.77. The number of aryl methyl sites for hydroxylation is 1. The summed E-state index contributed by atoms with van der Waals surface area (Å²) in [6.07, 6.45) is 1.38. The van der Waals surface area contributed by atoms with Crippen LogP contribution in [0, 0.1) is 18.8 Å². The second kappa shape index (κ2) is 3.97. The molecule has 0 aromatic carbocycles. The van der Waals surface area contributed by atoms with Gasteiger partial charge in [-0.1, -0.05) is 30.0 Å². The molecule has 1 aromatic rings. The Hall–Kier alpha value is -1.46. The molecular weight excluding hydrogens is 188 g/mol. The molecule has 1 aromatic heterocycles. The molecule has 0 radical (unpaired) electrons. The van der Waals surface area contributed by atoms with Crippen LogP contribution in [0.4, 0.5) is 0 Å². The monoisotopic (exact) mass is 194 g/mol. The van der Waals surface area contributed by atoms with E-state index in [0.29, 0.717) is 10.8 Å². The molecular formula is C10H7ClO2. The first-order valence-electron chi connectivity index (χ1n) is 3.58. The van der Waals surface area contributed by atoms with Gasteiger partial charge in [0.1, 0.15) is 11.3 Å². The fourth-order valence-corrected chi connectivity index (χ4v) is 1.09. The van der Waals surface area contributed by atoms with Crippen molar-refractivity contribution in [1.82, 2.24) is 0 Å². The van der Waals surface area contributed by atoms with Crippen LogP contribution in [0.25, 0.3) is 0 Å². The van der Waals surface area contributed by atoms with Crippen LogP contribution in [-0.2, 0) is 0 Å². The van der Waals surface area contributed by atoms with Crippen LogP contribution >= 0.6 is 11.6 Å². The topological polar surface area (TPSA) is 30.2 Å². The van der Waals surface area contributed by atoms with Gasteiger partial charge in [-0.05, 0) is 19.1 Å². The van der Waals surface area contributed by atoms with Crippen molar-refractivity contribution in [2.24, 2.45) is 0 Å². The lowest BCUT2D eigenvalue weighted by molar-refractivity contribution is 0.478. The Labute approximate surface area is 80.8 Å². The highest BCUT2D eigenvalue weighted by molar-refractivity contribution is 6.31. The van der Waals surface area contributed by atoms with E-state index in [1.165, 1.54) is 6.08 Å². The Morgan fingerprint density at radius 1 is 1.69 bits per heavy atom. The maximum absolute atomic E-state index is 11.2. The number of hydrogen-bond donors (Lipinski definition) is 0. The van der Waals surface area contributed by atoms with Gasteiger partial charge in [0.25, 0.3) is 0 Å². The molecule has 0 unspecified atom stereocenters. The van der Waals surface area contributed by atoms with Crippen molar-refractivity contribution in [3.63, 3.8) is 0 Å². The van der Waals surface area contributed by atoms with E-state index in [1.807, 2.05) is 0 Å². The first-order valence-corrected chi connectivity index (χ1v) is 3.95. The summed E-state index contributed by atoms with van der Waals surface area (Å²) in [6.45, 7) is 5.05. The number of halogens is 1. The maximum Gasteiger partial charge on any atom is 0.353 e. The Kier molecular flexibility index (Phi) is 2.94. The van der Waals surface area contributed by atoms with Crippen LogP contribution in [-0.4, -0.2) is 0 Å². The van der Waals surface area contributed by atoms with E-state index in [0.717, 1.165) is 0 Å². The minimum atomic E-state index is -0.514. The normalized spacial score (nSPS) is 8.77. The second-order valence-electron chi connectivity index (χ2n) is 2.34. The summed E-state index contributed by atoms with van der Waals surface area (Å²) < 4.78 is 4.81. The molecule has 13 heavy (non-hydrogen) atoms. The molecule has 0 aliphatic carbocycles. The van der Waals surface area contributed by atoms with Gasteiger partial charge in [-0.15, -0.1) is 0 Å². The maximum atomic E-state index is 11.2. The van der Waals surface area contributed by atoms with Crippen LogP contribution in [0.1, 0.15) is 11.3 Å². The lowest BCUT2D eigenvalue weighted by atomic mass is 10.3. The van der Waals surface area contributed by atoms with Gasteiger partial charge >= 0.3 is 5.63 Å². The predicted molar refractivity (Wildman–Crippen MR) is 51.8 cm³/mol. The fraction of sp³-hybridized carbons (Fsp3) is 0.100. The molecule has 0 saturated heterocycles. The van der Waals surface area contributed by atoms with Crippen molar-refractivity contribution in [2.45, 2.75) is 6.92 Å². The van der Waals surface area contributed by atoms with E-state index in [9.17, 15) is 4.79 Å². The third-order valence-corrected chi connectivity index (χ3v) is 1.62. The molecule has 0 spiro atoms. The molecule has 0 aliphatic rings. The highest BCUT2D eigenvalue weighted by Crippen LogP contribution is 2.12. The zero-order valence-corrected chi connectivity index (χ0v) is 7.81. The third-order valence-electron chi connectivity index (χ3n) is 1.33. The molecule has 0 saturated carbocycles. The molecule has 66 valence electrons. The van der Waals surface area contributed by atoms with Gasteiger partial charge in [0.15, 0.2) is 0 Å². The first-order chi connectivity index (χ1) is 6.15. The number of allylic oxidation sites excluding steroid dienone is 1. The van der Waals surface area contributed by atoms with E-state index in [1.54, 1.807) is 13.0 Å². The van der Waals surface area contributed by atoms with Crippen molar-refractivity contribution >= 4 is 11.6 Å². The van der Waals surface area contributed by atoms with Gasteiger partial charge in [-0.25, -0.2) is 4.79 Å². The Balaban J connectivity index is 3.37. The number of hydrogen-bond acceptors (Lipinski definition) is 2. The summed E-state index contributed by atoms with van der Waals surface area (Å²) in [6, 6.07) is 1.55. The van der Waals surface area contributed by atoms with Gasteiger partial charge in [0, 0.05) is 0 Å². The SMILES string of the molecule is C=CC#Cc1c(Cl)cc(C)oc1=O. The van der Waals surface area contributed by atoms with Crippen LogP contribution < -0.4 is 5.63 Å².